The van der Waals surface area contributed by atoms with E-state index < -0.39 is 0 Å². The van der Waals surface area contributed by atoms with Crippen LogP contribution < -0.4 is 5.32 Å². The van der Waals surface area contributed by atoms with Gasteiger partial charge < -0.3 is 10.2 Å². The molecule has 3 nitrogen and oxygen atoms in total. The molecule has 2 aromatic rings. The van der Waals surface area contributed by atoms with Gasteiger partial charge in [0.2, 0.25) is 0 Å². The zero-order chi connectivity index (χ0) is 13.4. The van der Waals surface area contributed by atoms with Gasteiger partial charge in [-0.3, -0.25) is 0 Å². The fourth-order valence-electron chi connectivity index (χ4n) is 2.87. The highest BCUT2D eigenvalue weighted by Gasteiger charge is 2.26. The molecular formula is C16H21N3S. The quantitative estimate of drug-likeness (QED) is 0.937. The second-order valence-electron chi connectivity index (χ2n) is 5.97. The van der Waals surface area contributed by atoms with Gasteiger partial charge >= 0.3 is 0 Å². The summed E-state index contributed by atoms with van der Waals surface area (Å²) in [6, 6.07) is 6.87. The van der Waals surface area contributed by atoms with E-state index in [4.69, 9.17) is 4.98 Å². The summed E-state index contributed by atoms with van der Waals surface area (Å²) in [4.78, 5) is 7.38. The average molecular weight is 287 g/mol. The molecule has 1 saturated carbocycles. The number of hydrogen-bond acceptors (Lipinski definition) is 4. The summed E-state index contributed by atoms with van der Waals surface area (Å²) in [5.41, 5.74) is 2.65. The van der Waals surface area contributed by atoms with Gasteiger partial charge in [-0.05, 0) is 37.0 Å². The Labute approximate surface area is 124 Å². The van der Waals surface area contributed by atoms with Crippen molar-refractivity contribution in [1.82, 2.24) is 15.2 Å². The maximum Gasteiger partial charge on any atom is 0.0969 e. The Morgan fingerprint density at radius 2 is 2.10 bits per heavy atom. The lowest BCUT2D eigenvalue weighted by molar-refractivity contribution is 0.244. The molecule has 1 aromatic heterocycles. The van der Waals surface area contributed by atoms with Gasteiger partial charge in [-0.15, -0.1) is 11.3 Å². The monoisotopic (exact) mass is 287 g/mol. The lowest BCUT2D eigenvalue weighted by Gasteiger charge is -2.27. The maximum absolute atomic E-state index is 4.83. The standard InChI is InChI=1S/C16H21N3S/c1-4-15-14(18-16(20-15)13-2-3-13)11-12(1)5-8-19-9-6-17-7-10-19/h1,4,11,13,17H,2-3,5-10H2. The topological polar surface area (TPSA) is 28.2 Å². The third kappa shape index (κ3) is 2.73. The molecular weight excluding hydrogens is 266 g/mol. The van der Waals surface area contributed by atoms with Crippen LogP contribution in [-0.2, 0) is 6.42 Å². The first-order valence-corrected chi connectivity index (χ1v) is 8.52. The second-order valence-corrected chi connectivity index (χ2v) is 7.03. The molecule has 0 atom stereocenters. The number of hydrogen-bond donors (Lipinski definition) is 1. The van der Waals surface area contributed by atoms with E-state index in [0.717, 1.165) is 25.4 Å². The zero-order valence-corrected chi connectivity index (χ0v) is 12.6. The summed E-state index contributed by atoms with van der Waals surface area (Å²) in [5, 5.41) is 4.77. The van der Waals surface area contributed by atoms with Gasteiger partial charge in [0.15, 0.2) is 0 Å². The van der Waals surface area contributed by atoms with Gasteiger partial charge in [-0.2, -0.15) is 0 Å². The van der Waals surface area contributed by atoms with E-state index in [0.29, 0.717) is 0 Å². The smallest absolute Gasteiger partial charge is 0.0969 e. The molecule has 1 aliphatic carbocycles. The Kier molecular flexibility index (Phi) is 3.46. The SMILES string of the molecule is c1cc2sc(C3CC3)nc2cc1CCN1CCNCC1. The van der Waals surface area contributed by atoms with Gasteiger partial charge in [-0.1, -0.05) is 6.07 Å². The molecule has 4 heteroatoms. The first-order valence-electron chi connectivity index (χ1n) is 7.71. The van der Waals surface area contributed by atoms with Crippen LogP contribution in [0, 0.1) is 0 Å². The van der Waals surface area contributed by atoms with Crippen molar-refractivity contribution in [3.05, 3.63) is 28.8 Å². The summed E-state index contributed by atoms with van der Waals surface area (Å²) in [5.74, 6) is 0.775. The third-order valence-corrected chi connectivity index (χ3v) is 5.52. The van der Waals surface area contributed by atoms with Gasteiger partial charge in [0.1, 0.15) is 0 Å². The number of piperazine rings is 1. The normalized spacial score (nSPS) is 20.6. The molecule has 2 heterocycles. The minimum absolute atomic E-state index is 0.775. The lowest BCUT2D eigenvalue weighted by Crippen LogP contribution is -2.44. The zero-order valence-electron chi connectivity index (χ0n) is 11.8. The highest BCUT2D eigenvalue weighted by Crippen LogP contribution is 2.43. The largest absolute Gasteiger partial charge is 0.314 e. The van der Waals surface area contributed by atoms with Crippen molar-refractivity contribution in [1.29, 1.82) is 0 Å². The molecule has 2 fully saturated rings. The van der Waals surface area contributed by atoms with Crippen molar-refractivity contribution >= 4 is 21.6 Å². The second kappa shape index (κ2) is 5.43. The van der Waals surface area contributed by atoms with Crippen molar-refractivity contribution in [2.75, 3.05) is 32.7 Å². The van der Waals surface area contributed by atoms with Crippen LogP contribution in [0.3, 0.4) is 0 Å². The Balaban J connectivity index is 1.45. The summed E-state index contributed by atoms with van der Waals surface area (Å²) in [6.45, 7) is 5.81. The molecule has 106 valence electrons. The van der Waals surface area contributed by atoms with Gasteiger partial charge in [0, 0.05) is 38.6 Å². The summed E-state index contributed by atoms with van der Waals surface area (Å²) in [6.07, 6.45) is 3.83. The lowest BCUT2D eigenvalue weighted by atomic mass is 10.1. The number of nitrogens with one attached hydrogen (secondary N) is 1. The van der Waals surface area contributed by atoms with Crippen molar-refractivity contribution < 1.29 is 0 Å². The van der Waals surface area contributed by atoms with Crippen molar-refractivity contribution in [2.45, 2.75) is 25.2 Å². The van der Waals surface area contributed by atoms with E-state index in [9.17, 15) is 0 Å². The molecule has 0 amide bonds. The molecule has 0 spiro atoms. The van der Waals surface area contributed by atoms with Crippen LogP contribution in [0.5, 0.6) is 0 Å². The summed E-state index contributed by atoms with van der Waals surface area (Å²) >= 11 is 1.89. The molecule has 1 saturated heterocycles. The molecule has 20 heavy (non-hydrogen) atoms. The van der Waals surface area contributed by atoms with Gasteiger partial charge in [0.05, 0.1) is 15.2 Å². The van der Waals surface area contributed by atoms with Gasteiger partial charge in [-0.25, -0.2) is 4.98 Å². The third-order valence-electron chi connectivity index (χ3n) is 4.32. The Bertz CT molecular complexity index is 597. The number of nitrogens with zero attached hydrogens (tertiary/aromatic N) is 2. The minimum atomic E-state index is 0.775. The molecule has 1 N–H and O–H groups in total. The molecule has 0 bridgehead atoms. The van der Waals surface area contributed by atoms with E-state index in [-0.39, 0.29) is 0 Å². The van der Waals surface area contributed by atoms with E-state index in [1.807, 2.05) is 11.3 Å². The van der Waals surface area contributed by atoms with Gasteiger partial charge in [0.25, 0.3) is 0 Å². The van der Waals surface area contributed by atoms with Crippen LogP contribution >= 0.6 is 11.3 Å². The first-order chi connectivity index (χ1) is 9.88. The van der Waals surface area contributed by atoms with Crippen LogP contribution in [0.1, 0.15) is 29.3 Å². The van der Waals surface area contributed by atoms with Crippen LogP contribution in [0.15, 0.2) is 18.2 Å². The molecule has 2 aliphatic rings. The molecule has 0 unspecified atom stereocenters. The highest BCUT2D eigenvalue weighted by molar-refractivity contribution is 7.18. The van der Waals surface area contributed by atoms with Crippen LogP contribution in [0.4, 0.5) is 0 Å². The summed E-state index contributed by atoms with van der Waals surface area (Å²) in [7, 11) is 0. The Morgan fingerprint density at radius 3 is 2.90 bits per heavy atom. The molecule has 0 radical (unpaired) electrons. The number of benzene rings is 1. The van der Waals surface area contributed by atoms with Crippen molar-refractivity contribution in [3.63, 3.8) is 0 Å². The molecule has 4 rings (SSSR count). The fourth-order valence-corrected chi connectivity index (χ4v) is 3.99. The fraction of sp³-hybridized carbons (Fsp3) is 0.562. The molecule has 1 aromatic carbocycles. The number of thiazole rings is 1. The average Bonchev–Trinajstić information content (AvgIpc) is 3.26. The van der Waals surface area contributed by atoms with Crippen LogP contribution in [0.25, 0.3) is 10.2 Å². The number of aromatic nitrogens is 1. The maximum atomic E-state index is 4.83. The van der Waals surface area contributed by atoms with E-state index in [1.54, 1.807) is 0 Å². The Hall–Kier alpha value is -0.970. The predicted molar refractivity (Wildman–Crippen MR) is 84.6 cm³/mol. The van der Waals surface area contributed by atoms with E-state index >= 15 is 0 Å². The van der Waals surface area contributed by atoms with E-state index in [2.05, 4.69) is 28.4 Å². The van der Waals surface area contributed by atoms with Crippen molar-refractivity contribution in [3.8, 4) is 0 Å². The number of fused-ring (bicyclic) bond motifs is 1. The van der Waals surface area contributed by atoms with E-state index in [1.165, 1.54) is 53.3 Å². The summed E-state index contributed by atoms with van der Waals surface area (Å²) < 4.78 is 1.36. The van der Waals surface area contributed by atoms with Crippen LogP contribution in [0.2, 0.25) is 0 Å². The minimum Gasteiger partial charge on any atom is -0.314 e. The molecule has 1 aliphatic heterocycles. The van der Waals surface area contributed by atoms with Crippen LogP contribution in [-0.4, -0.2) is 42.6 Å². The Morgan fingerprint density at radius 1 is 1.25 bits per heavy atom. The van der Waals surface area contributed by atoms with Crippen molar-refractivity contribution in [2.24, 2.45) is 0 Å². The highest BCUT2D eigenvalue weighted by atomic mass is 32.1. The number of rotatable bonds is 4. The first kappa shape index (κ1) is 12.7. The predicted octanol–water partition coefficient (Wildman–Crippen LogP) is 2.62.